The molecule has 0 aliphatic rings. The Hall–Kier alpha value is -1.09. The minimum atomic E-state index is -2.81. The summed E-state index contributed by atoms with van der Waals surface area (Å²) in [6.45, 7) is 9.54. The molecule has 0 bridgehead atoms. The Morgan fingerprint density at radius 3 is 1.92 bits per heavy atom. The second-order valence-electron chi connectivity index (χ2n) is 11.0. The third kappa shape index (κ3) is 13.0. The number of rotatable bonds is 22. The second kappa shape index (κ2) is 20.7. The molecule has 39 heavy (non-hydrogen) atoms. The molecular formula is C32H57NO5Sn. The first-order valence-electron chi connectivity index (χ1n) is 15.2. The number of carbonyl (C=O) groups excluding carboxylic acids is 1. The number of nitrogens with zero attached hydrogens (tertiary/aromatic N) is 1. The van der Waals surface area contributed by atoms with E-state index in [2.05, 4.69) is 33.8 Å². The van der Waals surface area contributed by atoms with E-state index >= 15 is 0 Å². The second-order valence-corrected chi connectivity index (χ2v) is 24.4. The predicted octanol–water partition coefficient (Wildman–Crippen LogP) is 7.16. The van der Waals surface area contributed by atoms with Crippen molar-refractivity contribution in [2.24, 2.45) is 0 Å². The van der Waals surface area contributed by atoms with Gasteiger partial charge in [0.2, 0.25) is 0 Å². The maximum absolute atomic E-state index is 12.4. The van der Waals surface area contributed by atoms with E-state index in [0.29, 0.717) is 6.61 Å². The minimum absolute atomic E-state index is 0.0445. The van der Waals surface area contributed by atoms with E-state index in [-0.39, 0.29) is 31.3 Å². The molecule has 1 N–H and O–H groups in total. The van der Waals surface area contributed by atoms with Crippen molar-refractivity contribution in [2.75, 3.05) is 34.4 Å². The van der Waals surface area contributed by atoms with Crippen LogP contribution in [-0.4, -0.2) is 80.9 Å². The molecule has 0 spiro atoms. The maximum atomic E-state index is 12.4. The molecule has 0 aliphatic heterocycles. The molecule has 0 unspecified atom stereocenters. The van der Waals surface area contributed by atoms with Gasteiger partial charge in [-0.05, 0) is 0 Å². The monoisotopic (exact) mass is 655 g/mol. The average molecular weight is 655 g/mol. The third-order valence-corrected chi connectivity index (χ3v) is 24.1. The summed E-state index contributed by atoms with van der Waals surface area (Å²) in [5.41, 5.74) is 1.07. The van der Waals surface area contributed by atoms with Crippen LogP contribution in [0.5, 0.6) is 5.75 Å². The zero-order valence-electron chi connectivity index (χ0n) is 26.0. The average Bonchev–Trinajstić information content (AvgIpc) is 2.95. The molecule has 1 amide bonds. The van der Waals surface area contributed by atoms with E-state index in [9.17, 15) is 9.90 Å². The summed E-state index contributed by atoms with van der Waals surface area (Å²) in [5, 5.41) is 10.2. The molecule has 224 valence electrons. The number of methoxy groups -OCH3 is 1. The number of unbranched alkanes of at least 4 members (excludes halogenated alkanes) is 3. The molecule has 6 nitrogen and oxygen atoms in total. The van der Waals surface area contributed by atoms with Crippen molar-refractivity contribution in [1.82, 2.24) is 4.90 Å². The van der Waals surface area contributed by atoms with Gasteiger partial charge in [0, 0.05) is 0 Å². The molecule has 0 aliphatic carbocycles. The zero-order chi connectivity index (χ0) is 29.1. The molecule has 0 aromatic heterocycles. The third-order valence-electron chi connectivity index (χ3n) is 7.83. The summed E-state index contributed by atoms with van der Waals surface area (Å²) >= 11 is -2.81. The van der Waals surface area contributed by atoms with Gasteiger partial charge in [-0.15, -0.1) is 0 Å². The SMILES string of the molecule is CCC[CH2][Sn]([CH2]CCC)([CH2]CCC)/[C](=C/CO)C[C@@H](OCc1ccc(OC)cc1)[C@@H](CC)OCC(=O)N(C)C. The van der Waals surface area contributed by atoms with Crippen LogP contribution in [0.1, 0.15) is 84.6 Å². The first-order valence-corrected chi connectivity index (χ1v) is 22.6. The van der Waals surface area contributed by atoms with Crippen LogP contribution in [0.15, 0.2) is 33.9 Å². The normalized spacial score (nSPS) is 13.8. The predicted molar refractivity (Wildman–Crippen MR) is 165 cm³/mol. The Morgan fingerprint density at radius 2 is 1.49 bits per heavy atom. The van der Waals surface area contributed by atoms with E-state index in [1.165, 1.54) is 55.4 Å². The Labute approximate surface area is 243 Å². The fourth-order valence-electron chi connectivity index (χ4n) is 5.26. The topological polar surface area (TPSA) is 68.2 Å². The number of ether oxygens (including phenoxy) is 3. The molecule has 1 rings (SSSR count). The van der Waals surface area contributed by atoms with Gasteiger partial charge in [-0.2, -0.15) is 0 Å². The molecular weight excluding hydrogens is 597 g/mol. The number of hydrogen-bond donors (Lipinski definition) is 1. The van der Waals surface area contributed by atoms with Gasteiger partial charge in [-0.3, -0.25) is 0 Å². The van der Waals surface area contributed by atoms with Crippen LogP contribution in [-0.2, 0) is 20.9 Å². The molecule has 1 aromatic rings. The number of benzene rings is 1. The van der Waals surface area contributed by atoms with Crippen molar-refractivity contribution in [3.63, 3.8) is 0 Å². The molecule has 2 atom stereocenters. The van der Waals surface area contributed by atoms with Crippen molar-refractivity contribution in [3.05, 3.63) is 39.5 Å². The van der Waals surface area contributed by atoms with Crippen LogP contribution in [0, 0.1) is 0 Å². The standard InChI is InChI=1S/C20H30NO5.3C4H9.Sn/c1-5-18(26-15-20(23)21(2)3)19(8-6-7-13-22)25-14-16-9-11-17(24-4)12-10-16;3*1-3-4-2;/h7,9-12,18-19,22H,5,8,13-15H2,1-4H3;3*1,3-4H2,2H3;/t18-,19-;;;;/m1..../s1. The Bertz CT molecular complexity index is 790. The van der Waals surface area contributed by atoms with Gasteiger partial charge in [-0.1, -0.05) is 0 Å². The molecule has 0 saturated heterocycles. The van der Waals surface area contributed by atoms with Crippen molar-refractivity contribution in [2.45, 2.75) is 111 Å². The molecule has 7 heteroatoms. The molecule has 1 aromatic carbocycles. The van der Waals surface area contributed by atoms with Gasteiger partial charge in [-0.25, -0.2) is 0 Å². The summed E-state index contributed by atoms with van der Waals surface area (Å²) in [6, 6.07) is 7.97. The van der Waals surface area contributed by atoms with Gasteiger partial charge in [0.05, 0.1) is 0 Å². The van der Waals surface area contributed by atoms with Crippen molar-refractivity contribution in [1.29, 1.82) is 0 Å². The summed E-state index contributed by atoms with van der Waals surface area (Å²) in [7, 11) is 5.18. The first kappa shape index (κ1) is 35.9. The van der Waals surface area contributed by atoms with Crippen molar-refractivity contribution in [3.8, 4) is 5.75 Å². The summed E-state index contributed by atoms with van der Waals surface area (Å²) in [5.74, 6) is 0.776. The molecule has 0 radical (unpaired) electrons. The van der Waals surface area contributed by atoms with Gasteiger partial charge in [0.25, 0.3) is 0 Å². The van der Waals surface area contributed by atoms with Gasteiger partial charge in [0.15, 0.2) is 0 Å². The van der Waals surface area contributed by atoms with E-state index < -0.39 is 18.4 Å². The van der Waals surface area contributed by atoms with Crippen LogP contribution in [0.25, 0.3) is 0 Å². The number of aliphatic hydroxyl groups excluding tert-OH is 1. The Kier molecular flexibility index (Phi) is 19.1. The fourth-order valence-corrected chi connectivity index (χ4v) is 22.3. The van der Waals surface area contributed by atoms with Gasteiger partial charge in [0.1, 0.15) is 0 Å². The van der Waals surface area contributed by atoms with E-state index in [1.807, 2.05) is 24.3 Å². The number of hydrogen-bond acceptors (Lipinski definition) is 5. The van der Waals surface area contributed by atoms with Crippen molar-refractivity contribution >= 4 is 24.3 Å². The summed E-state index contributed by atoms with van der Waals surface area (Å²) in [4.78, 5) is 13.9. The van der Waals surface area contributed by atoms with Crippen LogP contribution in [0.4, 0.5) is 0 Å². The number of aliphatic hydroxyl groups is 1. The summed E-state index contributed by atoms with van der Waals surface area (Å²) < 4.78 is 23.7. The van der Waals surface area contributed by atoms with Gasteiger partial charge >= 0.3 is 244 Å². The van der Waals surface area contributed by atoms with Crippen LogP contribution in [0.3, 0.4) is 0 Å². The van der Waals surface area contributed by atoms with Gasteiger partial charge < -0.3 is 0 Å². The number of amides is 1. The first-order chi connectivity index (χ1) is 18.8. The fraction of sp³-hybridized carbons (Fsp3) is 0.719. The quantitative estimate of drug-likeness (QED) is 0.135. The molecule has 0 fully saturated rings. The Balaban J connectivity index is 3.37. The van der Waals surface area contributed by atoms with Crippen LogP contribution >= 0.6 is 0 Å². The van der Waals surface area contributed by atoms with E-state index in [0.717, 1.165) is 24.2 Å². The van der Waals surface area contributed by atoms with E-state index in [4.69, 9.17) is 14.2 Å². The molecule has 0 saturated carbocycles. The molecule has 0 heterocycles. The summed E-state index contributed by atoms with van der Waals surface area (Å²) in [6.07, 6.45) is 10.7. The van der Waals surface area contributed by atoms with Crippen LogP contribution < -0.4 is 4.74 Å². The Morgan fingerprint density at radius 1 is 0.923 bits per heavy atom. The van der Waals surface area contributed by atoms with Crippen molar-refractivity contribution < 1.29 is 24.1 Å². The van der Waals surface area contributed by atoms with Crippen LogP contribution in [0.2, 0.25) is 13.3 Å². The number of likely N-dealkylation sites (N-methyl/N-ethyl adjacent to an activating group) is 1. The number of carbonyl (C=O) groups is 1. The van der Waals surface area contributed by atoms with E-state index in [1.54, 1.807) is 26.1 Å². The zero-order valence-corrected chi connectivity index (χ0v) is 28.8.